The number of hydrogen-bond donors (Lipinski definition) is 4. The Labute approximate surface area is 158 Å². The van der Waals surface area contributed by atoms with E-state index in [0.717, 1.165) is 5.56 Å². The van der Waals surface area contributed by atoms with Crippen LogP contribution in [0, 0.1) is 12.8 Å². The van der Waals surface area contributed by atoms with Crippen molar-refractivity contribution in [1.82, 2.24) is 10.6 Å². The molecule has 0 aliphatic carbocycles. The minimum Gasteiger partial charge on any atom is -0.508 e. The fourth-order valence-electron chi connectivity index (χ4n) is 3.29. The maximum absolute atomic E-state index is 13.4. The Morgan fingerprint density at radius 3 is 2.18 bits per heavy atom. The minimum atomic E-state index is -5.25. The molecule has 2 amide bonds. The van der Waals surface area contributed by atoms with E-state index in [-0.39, 0.29) is 16.9 Å². The number of aryl methyl sites for hydroxylation is 1. The largest absolute Gasteiger partial charge is 0.508 e. The van der Waals surface area contributed by atoms with Crippen LogP contribution in [0.1, 0.15) is 22.7 Å². The molecule has 9 heteroatoms. The van der Waals surface area contributed by atoms with E-state index >= 15 is 0 Å². The lowest BCUT2D eigenvalue weighted by Crippen LogP contribution is -2.66. The predicted molar refractivity (Wildman–Crippen MR) is 92.1 cm³/mol. The molecule has 0 radical (unpaired) electrons. The third kappa shape index (κ3) is 3.53. The maximum atomic E-state index is 13.4. The highest BCUT2D eigenvalue weighted by Crippen LogP contribution is 2.43. The highest BCUT2D eigenvalue weighted by Gasteiger charge is 2.59. The first-order valence-corrected chi connectivity index (χ1v) is 8.30. The van der Waals surface area contributed by atoms with E-state index in [1.54, 1.807) is 19.1 Å². The van der Waals surface area contributed by atoms with Crippen LogP contribution in [-0.4, -0.2) is 28.2 Å². The van der Waals surface area contributed by atoms with Crippen molar-refractivity contribution in [3.63, 3.8) is 0 Å². The van der Waals surface area contributed by atoms with Gasteiger partial charge in [0.2, 0.25) is 5.78 Å². The Kier molecular flexibility index (Phi) is 4.80. The molecule has 2 aromatic rings. The van der Waals surface area contributed by atoms with Crippen LogP contribution in [-0.2, 0) is 10.5 Å². The second kappa shape index (κ2) is 6.83. The van der Waals surface area contributed by atoms with E-state index < -0.39 is 35.7 Å². The fraction of sp³-hybridized carbons (Fsp3) is 0.263. The molecule has 0 spiro atoms. The first-order valence-electron chi connectivity index (χ1n) is 8.30. The molecule has 3 atom stereocenters. The molecule has 1 saturated heterocycles. The first-order chi connectivity index (χ1) is 13.0. The predicted octanol–water partition coefficient (Wildman–Crippen LogP) is 2.65. The summed E-state index contributed by atoms with van der Waals surface area (Å²) in [5.74, 6) is -4.44. The van der Waals surface area contributed by atoms with Crippen LogP contribution in [0.5, 0.6) is 5.75 Å². The number of carbonyl (C=O) groups excluding carboxylic acids is 2. The molecule has 0 saturated carbocycles. The van der Waals surface area contributed by atoms with Crippen LogP contribution in [0.2, 0.25) is 0 Å². The molecule has 2 aromatic carbocycles. The normalized spacial score (nSPS) is 25.0. The third-order valence-electron chi connectivity index (χ3n) is 4.68. The van der Waals surface area contributed by atoms with Crippen molar-refractivity contribution >= 4 is 11.8 Å². The van der Waals surface area contributed by atoms with E-state index in [2.05, 4.69) is 10.6 Å². The molecule has 0 unspecified atom stereocenters. The number of phenols is 1. The Morgan fingerprint density at radius 1 is 1.07 bits per heavy atom. The monoisotopic (exact) mass is 394 g/mol. The van der Waals surface area contributed by atoms with Gasteiger partial charge in [0.05, 0.1) is 6.04 Å². The van der Waals surface area contributed by atoms with Gasteiger partial charge in [-0.1, -0.05) is 42.0 Å². The zero-order valence-corrected chi connectivity index (χ0v) is 14.6. The van der Waals surface area contributed by atoms with Gasteiger partial charge in [-0.25, -0.2) is 4.79 Å². The maximum Gasteiger partial charge on any atom is 0.450 e. The number of nitrogens with one attached hydrogen (secondary N) is 2. The number of aliphatic hydroxyl groups is 1. The summed E-state index contributed by atoms with van der Waals surface area (Å²) < 4.78 is 40.1. The summed E-state index contributed by atoms with van der Waals surface area (Å²) in [6.45, 7) is 1.74. The SMILES string of the molecule is Cc1ccc([C@]2(O)NC(=O)N[C@H](c3ccc(O)cc3)[C@H]2C(=O)C(F)(F)F)cc1. The van der Waals surface area contributed by atoms with Gasteiger partial charge in [-0.2, -0.15) is 13.2 Å². The zero-order chi connectivity index (χ0) is 20.7. The van der Waals surface area contributed by atoms with Crippen molar-refractivity contribution in [1.29, 1.82) is 0 Å². The number of ketones is 1. The van der Waals surface area contributed by atoms with Crippen molar-refractivity contribution in [2.45, 2.75) is 24.9 Å². The topological polar surface area (TPSA) is 98.7 Å². The molecule has 28 heavy (non-hydrogen) atoms. The zero-order valence-electron chi connectivity index (χ0n) is 14.6. The number of phenolic OH excluding ortho intramolecular Hbond substituents is 1. The quantitative estimate of drug-likeness (QED) is 0.643. The van der Waals surface area contributed by atoms with Crippen molar-refractivity contribution in [3.8, 4) is 5.75 Å². The van der Waals surface area contributed by atoms with Gasteiger partial charge in [-0.05, 0) is 24.6 Å². The smallest absolute Gasteiger partial charge is 0.450 e. The lowest BCUT2D eigenvalue weighted by molar-refractivity contribution is -0.190. The van der Waals surface area contributed by atoms with Gasteiger partial charge in [0, 0.05) is 5.56 Å². The number of rotatable bonds is 3. The minimum absolute atomic E-state index is 0.0562. The second-order valence-corrected chi connectivity index (χ2v) is 6.64. The molecular weight excluding hydrogens is 377 g/mol. The van der Waals surface area contributed by atoms with Gasteiger partial charge in [-0.3, -0.25) is 4.79 Å². The van der Waals surface area contributed by atoms with E-state index in [4.69, 9.17) is 0 Å². The molecule has 3 rings (SSSR count). The van der Waals surface area contributed by atoms with Crippen LogP contribution >= 0.6 is 0 Å². The number of carbonyl (C=O) groups is 2. The number of benzene rings is 2. The summed E-state index contributed by atoms with van der Waals surface area (Å²) in [5, 5.41) is 24.9. The molecule has 1 fully saturated rings. The molecule has 1 aliphatic heterocycles. The Balaban J connectivity index is 2.18. The summed E-state index contributed by atoms with van der Waals surface area (Å²) in [4.78, 5) is 24.5. The van der Waals surface area contributed by atoms with Crippen LogP contribution in [0.4, 0.5) is 18.0 Å². The summed E-state index contributed by atoms with van der Waals surface area (Å²) in [5.41, 5.74) is -1.74. The van der Waals surface area contributed by atoms with Crippen molar-refractivity contribution in [2.75, 3.05) is 0 Å². The van der Waals surface area contributed by atoms with E-state index in [9.17, 15) is 33.0 Å². The molecular formula is C19H17F3N2O4. The lowest BCUT2D eigenvalue weighted by Gasteiger charge is -2.45. The standard InChI is InChI=1S/C19H17F3N2O4/c1-10-2-6-12(7-3-10)18(28)14(16(26)19(20,21)22)15(23-17(27)24-18)11-4-8-13(25)9-5-11/h2-9,14-15,25,28H,1H3,(H2,23,24,27)/t14-,15+,18+/m0/s1. The number of aromatic hydroxyl groups is 1. The Bertz CT molecular complexity index is 897. The lowest BCUT2D eigenvalue weighted by atomic mass is 9.76. The van der Waals surface area contributed by atoms with Crippen molar-refractivity contribution in [3.05, 3.63) is 65.2 Å². The average molecular weight is 394 g/mol. The number of alkyl halides is 3. The van der Waals surface area contributed by atoms with Gasteiger partial charge >= 0.3 is 12.2 Å². The van der Waals surface area contributed by atoms with Gasteiger partial charge in [0.1, 0.15) is 11.7 Å². The van der Waals surface area contributed by atoms with Crippen LogP contribution in [0.15, 0.2) is 48.5 Å². The molecule has 148 valence electrons. The first kappa shape index (κ1) is 19.7. The molecule has 1 heterocycles. The van der Waals surface area contributed by atoms with Crippen molar-refractivity contribution < 1.29 is 33.0 Å². The Hall–Kier alpha value is -3.07. The third-order valence-corrected chi connectivity index (χ3v) is 4.68. The van der Waals surface area contributed by atoms with Gasteiger partial charge in [0.25, 0.3) is 0 Å². The number of halogens is 3. The average Bonchev–Trinajstić information content (AvgIpc) is 2.61. The van der Waals surface area contributed by atoms with Gasteiger partial charge in [0.15, 0.2) is 5.72 Å². The van der Waals surface area contributed by atoms with E-state index in [0.29, 0.717) is 0 Å². The Morgan fingerprint density at radius 2 is 1.64 bits per heavy atom. The number of Topliss-reactive ketones (excluding diaryl/α,β-unsaturated/α-hetero) is 1. The summed E-state index contributed by atoms with van der Waals surface area (Å²) in [7, 11) is 0. The summed E-state index contributed by atoms with van der Waals surface area (Å²) >= 11 is 0. The number of urea groups is 1. The molecule has 0 bridgehead atoms. The molecule has 4 N–H and O–H groups in total. The van der Waals surface area contributed by atoms with Crippen molar-refractivity contribution in [2.24, 2.45) is 5.92 Å². The van der Waals surface area contributed by atoms with Crippen LogP contribution in [0.25, 0.3) is 0 Å². The molecule has 6 nitrogen and oxygen atoms in total. The molecule has 0 aromatic heterocycles. The van der Waals surface area contributed by atoms with Gasteiger partial charge < -0.3 is 20.8 Å². The second-order valence-electron chi connectivity index (χ2n) is 6.64. The van der Waals surface area contributed by atoms with Crippen LogP contribution in [0.3, 0.4) is 0 Å². The molecule has 1 aliphatic rings. The summed E-state index contributed by atoms with van der Waals surface area (Å²) in [6, 6.07) is 8.36. The highest BCUT2D eigenvalue weighted by molar-refractivity contribution is 5.91. The van der Waals surface area contributed by atoms with E-state index in [1.807, 2.05) is 0 Å². The number of hydrogen-bond acceptors (Lipinski definition) is 4. The highest BCUT2D eigenvalue weighted by atomic mass is 19.4. The number of amides is 2. The fourth-order valence-corrected chi connectivity index (χ4v) is 3.29. The summed E-state index contributed by atoms with van der Waals surface area (Å²) in [6.07, 6.45) is -5.25. The van der Waals surface area contributed by atoms with Gasteiger partial charge in [-0.15, -0.1) is 0 Å². The van der Waals surface area contributed by atoms with Crippen LogP contribution < -0.4 is 10.6 Å². The van der Waals surface area contributed by atoms with E-state index in [1.165, 1.54) is 36.4 Å².